The molecule has 0 bridgehead atoms. The Kier molecular flexibility index (Phi) is 6.51. The fourth-order valence-electron chi connectivity index (χ4n) is 2.35. The van der Waals surface area contributed by atoms with Crippen molar-refractivity contribution in [3.8, 4) is 0 Å². The number of hydrogen-bond acceptors (Lipinski definition) is 5. The first-order valence-electron chi connectivity index (χ1n) is 8.29. The van der Waals surface area contributed by atoms with Crippen LogP contribution in [0.3, 0.4) is 0 Å². The predicted octanol–water partition coefficient (Wildman–Crippen LogP) is 2.92. The van der Waals surface area contributed by atoms with Gasteiger partial charge in [-0.25, -0.2) is 8.42 Å². The van der Waals surface area contributed by atoms with E-state index >= 15 is 0 Å². The largest absolute Gasteiger partial charge is 0.352 e. The third-order valence-electron chi connectivity index (χ3n) is 3.59. The number of sulfonamides is 1. The third kappa shape index (κ3) is 6.07. The first kappa shape index (κ1) is 20.4. The molecule has 0 radical (unpaired) electrons. The standard InChI is InChI=1S/C18H21N3O5S/c1-13(2)11-19-18(22)16-8-3-4-9-17(16)20-27(25,26)12-14-6-5-7-15(10-14)21(23)24/h3-10,13,20H,11-12H2,1-2H3,(H,19,22). The molecule has 0 atom stereocenters. The Morgan fingerprint density at radius 3 is 2.52 bits per heavy atom. The van der Waals surface area contributed by atoms with Gasteiger partial charge in [0.15, 0.2) is 0 Å². The molecular formula is C18H21N3O5S. The van der Waals surface area contributed by atoms with Gasteiger partial charge in [-0.3, -0.25) is 19.6 Å². The molecule has 0 saturated carbocycles. The SMILES string of the molecule is CC(C)CNC(=O)c1ccccc1NS(=O)(=O)Cc1cccc([N+](=O)[O-])c1. The van der Waals surface area contributed by atoms with Crippen LogP contribution in [0.5, 0.6) is 0 Å². The Bertz CT molecular complexity index is 942. The van der Waals surface area contributed by atoms with Crippen LogP contribution >= 0.6 is 0 Å². The van der Waals surface area contributed by atoms with E-state index in [4.69, 9.17) is 0 Å². The van der Waals surface area contributed by atoms with E-state index in [-0.39, 0.29) is 34.3 Å². The Morgan fingerprint density at radius 1 is 1.15 bits per heavy atom. The fraction of sp³-hybridized carbons (Fsp3) is 0.278. The molecule has 1 amide bonds. The van der Waals surface area contributed by atoms with Crippen LogP contribution in [0.25, 0.3) is 0 Å². The Morgan fingerprint density at radius 2 is 1.85 bits per heavy atom. The van der Waals surface area contributed by atoms with E-state index in [2.05, 4.69) is 10.0 Å². The molecule has 0 spiro atoms. The number of nitro benzene ring substituents is 1. The average Bonchev–Trinajstić information content (AvgIpc) is 2.59. The quantitative estimate of drug-likeness (QED) is 0.530. The Balaban J connectivity index is 2.19. The molecule has 0 aliphatic carbocycles. The second-order valence-corrected chi connectivity index (χ2v) is 8.16. The molecule has 9 heteroatoms. The summed E-state index contributed by atoms with van der Waals surface area (Å²) < 4.78 is 27.4. The lowest BCUT2D eigenvalue weighted by Gasteiger charge is -2.13. The number of non-ortho nitro benzene ring substituents is 1. The van der Waals surface area contributed by atoms with Crippen LogP contribution in [0, 0.1) is 16.0 Å². The summed E-state index contributed by atoms with van der Waals surface area (Å²) in [6.07, 6.45) is 0. The van der Waals surface area contributed by atoms with Crippen molar-refractivity contribution in [1.82, 2.24) is 5.32 Å². The second kappa shape index (κ2) is 8.63. The number of rotatable bonds is 8. The van der Waals surface area contributed by atoms with Crippen molar-refractivity contribution in [2.75, 3.05) is 11.3 Å². The summed E-state index contributed by atoms with van der Waals surface area (Å²) in [5.41, 5.74) is 0.458. The maximum atomic E-state index is 12.5. The van der Waals surface area contributed by atoms with Crippen molar-refractivity contribution in [3.05, 3.63) is 69.8 Å². The molecule has 144 valence electrons. The molecule has 0 fully saturated rings. The fourth-order valence-corrected chi connectivity index (χ4v) is 3.55. The van der Waals surface area contributed by atoms with Crippen LogP contribution in [-0.4, -0.2) is 25.8 Å². The molecule has 0 aliphatic heterocycles. The minimum absolute atomic E-state index is 0.157. The highest BCUT2D eigenvalue weighted by molar-refractivity contribution is 7.91. The molecule has 27 heavy (non-hydrogen) atoms. The van der Waals surface area contributed by atoms with Gasteiger partial charge >= 0.3 is 0 Å². The van der Waals surface area contributed by atoms with Crippen molar-refractivity contribution < 1.29 is 18.1 Å². The van der Waals surface area contributed by atoms with Gasteiger partial charge < -0.3 is 5.32 Å². The number of carbonyl (C=O) groups excluding carboxylic acids is 1. The average molecular weight is 391 g/mol. The summed E-state index contributed by atoms with van der Waals surface area (Å²) in [5.74, 6) is -0.569. The number of nitro groups is 1. The maximum Gasteiger partial charge on any atom is 0.269 e. The van der Waals surface area contributed by atoms with Gasteiger partial charge in [0.2, 0.25) is 10.0 Å². The molecule has 0 aliphatic rings. The number of benzene rings is 2. The first-order chi connectivity index (χ1) is 12.7. The van der Waals surface area contributed by atoms with Crippen LogP contribution in [0.1, 0.15) is 29.8 Å². The Hall–Kier alpha value is -2.94. The van der Waals surface area contributed by atoms with Gasteiger partial charge in [-0.15, -0.1) is 0 Å². The van der Waals surface area contributed by atoms with E-state index < -0.39 is 20.7 Å². The van der Waals surface area contributed by atoms with Gasteiger partial charge in [-0.2, -0.15) is 0 Å². The highest BCUT2D eigenvalue weighted by atomic mass is 32.2. The number of nitrogens with one attached hydrogen (secondary N) is 2. The molecule has 8 nitrogen and oxygen atoms in total. The molecule has 0 aromatic heterocycles. The number of nitrogens with zero attached hydrogens (tertiary/aromatic N) is 1. The minimum atomic E-state index is -3.87. The topological polar surface area (TPSA) is 118 Å². The van der Waals surface area contributed by atoms with Crippen molar-refractivity contribution >= 4 is 27.3 Å². The van der Waals surface area contributed by atoms with E-state index in [1.54, 1.807) is 12.1 Å². The number of para-hydroxylation sites is 1. The smallest absolute Gasteiger partial charge is 0.269 e. The van der Waals surface area contributed by atoms with Crippen molar-refractivity contribution in [2.45, 2.75) is 19.6 Å². The van der Waals surface area contributed by atoms with Crippen molar-refractivity contribution in [1.29, 1.82) is 0 Å². The lowest BCUT2D eigenvalue weighted by molar-refractivity contribution is -0.384. The molecule has 2 aromatic rings. The van der Waals surface area contributed by atoms with Gasteiger partial charge in [0.05, 0.1) is 21.9 Å². The van der Waals surface area contributed by atoms with Crippen LogP contribution in [0.4, 0.5) is 11.4 Å². The van der Waals surface area contributed by atoms with Crippen LogP contribution in [-0.2, 0) is 15.8 Å². The van der Waals surface area contributed by atoms with E-state index in [0.29, 0.717) is 6.54 Å². The summed E-state index contributed by atoms with van der Waals surface area (Å²) in [4.78, 5) is 22.6. The summed E-state index contributed by atoms with van der Waals surface area (Å²) in [6.45, 7) is 4.37. The lowest BCUT2D eigenvalue weighted by atomic mass is 10.1. The normalized spacial score (nSPS) is 11.2. The molecule has 2 rings (SSSR count). The van der Waals surface area contributed by atoms with Crippen molar-refractivity contribution in [3.63, 3.8) is 0 Å². The van der Waals surface area contributed by atoms with Gasteiger partial charge in [-0.1, -0.05) is 38.1 Å². The van der Waals surface area contributed by atoms with E-state index in [0.717, 1.165) is 0 Å². The zero-order chi connectivity index (χ0) is 20.0. The molecule has 0 heterocycles. The van der Waals surface area contributed by atoms with Crippen LogP contribution in [0.2, 0.25) is 0 Å². The van der Waals surface area contributed by atoms with E-state index in [1.165, 1.54) is 36.4 Å². The number of hydrogen-bond donors (Lipinski definition) is 2. The summed E-state index contributed by atoms with van der Waals surface area (Å²) >= 11 is 0. The molecule has 2 aromatic carbocycles. The van der Waals surface area contributed by atoms with Gasteiger partial charge in [0.25, 0.3) is 11.6 Å². The zero-order valence-corrected chi connectivity index (χ0v) is 15.8. The number of amides is 1. The predicted molar refractivity (Wildman–Crippen MR) is 103 cm³/mol. The molecule has 0 saturated heterocycles. The number of carbonyl (C=O) groups is 1. The van der Waals surface area contributed by atoms with Crippen molar-refractivity contribution in [2.24, 2.45) is 5.92 Å². The maximum absolute atomic E-state index is 12.5. The third-order valence-corrected chi connectivity index (χ3v) is 4.83. The van der Waals surface area contributed by atoms with Gasteiger partial charge in [0.1, 0.15) is 0 Å². The van der Waals surface area contributed by atoms with Crippen LogP contribution in [0.15, 0.2) is 48.5 Å². The second-order valence-electron chi connectivity index (χ2n) is 6.44. The number of anilines is 1. The van der Waals surface area contributed by atoms with Gasteiger partial charge in [0, 0.05) is 18.7 Å². The van der Waals surface area contributed by atoms with Crippen LogP contribution < -0.4 is 10.0 Å². The summed E-state index contributed by atoms with van der Waals surface area (Å²) in [5, 5.41) is 13.6. The highest BCUT2D eigenvalue weighted by Gasteiger charge is 2.18. The first-order valence-corrected chi connectivity index (χ1v) is 9.94. The molecule has 2 N–H and O–H groups in total. The Labute approximate surface area is 157 Å². The minimum Gasteiger partial charge on any atom is -0.352 e. The monoisotopic (exact) mass is 391 g/mol. The van der Waals surface area contributed by atoms with Gasteiger partial charge in [-0.05, 0) is 23.6 Å². The summed E-state index contributed by atoms with van der Waals surface area (Å²) in [6, 6.07) is 11.7. The summed E-state index contributed by atoms with van der Waals surface area (Å²) in [7, 11) is -3.87. The van der Waals surface area contributed by atoms with E-state index in [1.807, 2.05) is 13.8 Å². The lowest BCUT2D eigenvalue weighted by Crippen LogP contribution is -2.28. The zero-order valence-electron chi connectivity index (χ0n) is 15.0. The van der Waals surface area contributed by atoms with E-state index in [9.17, 15) is 23.3 Å². The molecular weight excluding hydrogens is 370 g/mol. The molecule has 0 unspecified atom stereocenters. The highest BCUT2D eigenvalue weighted by Crippen LogP contribution is 2.20.